The molecule has 0 N–H and O–H groups in total. The molecular formula is C17H8F5N3O. The van der Waals surface area contributed by atoms with Gasteiger partial charge in [0.15, 0.2) is 17.0 Å². The highest BCUT2D eigenvalue weighted by Gasteiger charge is 2.30. The summed E-state index contributed by atoms with van der Waals surface area (Å²) in [7, 11) is 0. The number of pyridine rings is 1. The highest BCUT2D eigenvalue weighted by Crippen LogP contribution is 2.30. The standard InChI is InChI=1S/C17H8F5N3O/c18-12-6-7-13(19)15-11(12)5-8-14-16(26)24(23-25(14)15)10-3-1-9(2-4-10)17(20,21)22/h1-8H. The average Bonchev–Trinajstić information content (AvgIpc) is 2.94. The first-order chi connectivity index (χ1) is 12.3. The summed E-state index contributed by atoms with van der Waals surface area (Å²) in [6, 6.07) is 8.17. The average molecular weight is 365 g/mol. The zero-order valence-electron chi connectivity index (χ0n) is 12.8. The molecule has 0 unspecified atom stereocenters. The van der Waals surface area contributed by atoms with Gasteiger partial charge in [-0.3, -0.25) is 0 Å². The van der Waals surface area contributed by atoms with E-state index in [1.807, 2.05) is 0 Å². The predicted octanol–water partition coefficient (Wildman–Crippen LogP) is 3.13. The minimum atomic E-state index is -4.51. The van der Waals surface area contributed by atoms with Gasteiger partial charge in [-0.1, -0.05) is 4.52 Å². The van der Waals surface area contributed by atoms with Gasteiger partial charge in [-0.15, -0.1) is 4.68 Å². The molecule has 0 saturated heterocycles. The van der Waals surface area contributed by atoms with Crippen molar-refractivity contribution < 1.29 is 31.6 Å². The molecule has 4 aromatic rings. The summed E-state index contributed by atoms with van der Waals surface area (Å²) in [5.74, 6) is -2.14. The molecule has 0 aliphatic carbocycles. The van der Waals surface area contributed by atoms with Crippen LogP contribution >= 0.6 is 0 Å². The van der Waals surface area contributed by atoms with E-state index in [0.717, 1.165) is 45.6 Å². The maximum Gasteiger partial charge on any atom is 0.416 e. The number of halogens is 5. The third-order valence-corrected chi connectivity index (χ3v) is 3.99. The van der Waals surface area contributed by atoms with Gasteiger partial charge in [0.1, 0.15) is 16.9 Å². The molecule has 0 atom stereocenters. The molecule has 0 saturated carbocycles. The van der Waals surface area contributed by atoms with Gasteiger partial charge in [0, 0.05) is 0 Å². The van der Waals surface area contributed by atoms with Crippen molar-refractivity contribution in [1.29, 1.82) is 0 Å². The minimum absolute atomic E-state index is 0.0399. The monoisotopic (exact) mass is 365 g/mol. The second-order valence-electron chi connectivity index (χ2n) is 5.57. The number of aromatic nitrogens is 3. The van der Waals surface area contributed by atoms with Gasteiger partial charge >= 0.3 is 6.18 Å². The van der Waals surface area contributed by atoms with Crippen LogP contribution in [-0.4, -0.2) is 9.90 Å². The van der Waals surface area contributed by atoms with Crippen molar-refractivity contribution in [3.05, 3.63) is 65.7 Å². The smallest absolute Gasteiger partial charge is 0.416 e. The number of alkyl halides is 3. The molecule has 0 radical (unpaired) electrons. The minimum Gasteiger partial charge on any atom is -0.837 e. The van der Waals surface area contributed by atoms with Crippen LogP contribution in [0, 0.1) is 11.6 Å². The Morgan fingerprint density at radius 3 is 2.19 bits per heavy atom. The summed E-state index contributed by atoms with van der Waals surface area (Å²) in [5, 5.41) is 16.4. The molecule has 0 bridgehead atoms. The summed E-state index contributed by atoms with van der Waals surface area (Å²) in [5.41, 5.74) is -1.08. The molecule has 9 heteroatoms. The van der Waals surface area contributed by atoms with Crippen molar-refractivity contribution in [3.8, 4) is 11.6 Å². The lowest BCUT2D eigenvalue weighted by atomic mass is 10.2. The second-order valence-corrected chi connectivity index (χ2v) is 5.57. The van der Waals surface area contributed by atoms with Crippen LogP contribution in [0.25, 0.3) is 22.1 Å². The van der Waals surface area contributed by atoms with E-state index in [0.29, 0.717) is 0 Å². The zero-order valence-corrected chi connectivity index (χ0v) is 12.8. The molecule has 2 heterocycles. The third kappa shape index (κ3) is 2.35. The molecule has 2 aromatic carbocycles. The Morgan fingerprint density at radius 1 is 0.885 bits per heavy atom. The molecule has 2 aromatic heterocycles. The molecule has 0 spiro atoms. The van der Waals surface area contributed by atoms with Crippen molar-refractivity contribution >= 4 is 16.4 Å². The first kappa shape index (κ1) is 16.2. The van der Waals surface area contributed by atoms with Crippen LogP contribution in [0.4, 0.5) is 22.0 Å². The first-order valence-corrected chi connectivity index (χ1v) is 7.34. The molecule has 26 heavy (non-hydrogen) atoms. The number of hydrogen-bond donors (Lipinski definition) is 0. The quantitative estimate of drug-likeness (QED) is 0.384. The lowest BCUT2D eigenvalue weighted by Gasteiger charge is -2.06. The summed E-state index contributed by atoms with van der Waals surface area (Å²) in [4.78, 5) is 0. The molecule has 0 fully saturated rings. The highest BCUT2D eigenvalue weighted by atomic mass is 19.4. The Bertz CT molecular complexity index is 1150. The van der Waals surface area contributed by atoms with Crippen molar-refractivity contribution in [2.45, 2.75) is 6.18 Å². The Kier molecular flexibility index (Phi) is 3.36. The highest BCUT2D eigenvalue weighted by molar-refractivity contribution is 5.79. The van der Waals surface area contributed by atoms with Crippen LogP contribution < -0.4 is 9.62 Å². The Balaban J connectivity index is 1.96. The number of benzene rings is 2. The van der Waals surface area contributed by atoms with E-state index in [4.69, 9.17) is 0 Å². The fraction of sp³-hybridized carbons (Fsp3) is 0.0588. The number of nitrogens with zero attached hydrogens (tertiary/aromatic N) is 3. The largest absolute Gasteiger partial charge is 0.837 e. The van der Waals surface area contributed by atoms with Crippen LogP contribution in [0.3, 0.4) is 0 Å². The van der Waals surface area contributed by atoms with Crippen molar-refractivity contribution in [1.82, 2.24) is 9.90 Å². The van der Waals surface area contributed by atoms with E-state index >= 15 is 0 Å². The van der Waals surface area contributed by atoms with Gasteiger partial charge in [-0.05, 0) is 48.5 Å². The molecule has 0 aliphatic rings. The summed E-state index contributed by atoms with van der Waals surface area (Å²) in [6.07, 6.45) is -4.51. The van der Waals surface area contributed by atoms with E-state index in [1.165, 1.54) is 12.1 Å². The fourth-order valence-electron chi connectivity index (χ4n) is 2.74. The lowest BCUT2D eigenvalue weighted by Crippen LogP contribution is -2.27. The zero-order chi connectivity index (χ0) is 18.6. The third-order valence-electron chi connectivity index (χ3n) is 3.99. The first-order valence-electron chi connectivity index (χ1n) is 7.34. The van der Waals surface area contributed by atoms with Gasteiger partial charge in [0.2, 0.25) is 5.52 Å². The Hall–Kier alpha value is -3.23. The van der Waals surface area contributed by atoms with Crippen molar-refractivity contribution in [2.75, 3.05) is 0 Å². The molecule has 0 amide bonds. The molecule has 0 aliphatic heterocycles. The SMILES string of the molecule is [O-]c1c2ccc3c(F)ccc(F)c3[n+]2nn1-c1ccc(C(F)(F)F)cc1. The second kappa shape index (κ2) is 5.38. The van der Waals surface area contributed by atoms with E-state index in [1.54, 1.807) is 0 Å². The van der Waals surface area contributed by atoms with Crippen molar-refractivity contribution in [2.24, 2.45) is 0 Å². The fourth-order valence-corrected chi connectivity index (χ4v) is 2.74. The van der Waals surface area contributed by atoms with Crippen molar-refractivity contribution in [3.63, 3.8) is 0 Å². The maximum atomic E-state index is 14.2. The molecular weight excluding hydrogens is 357 g/mol. The van der Waals surface area contributed by atoms with Gasteiger partial charge in [0.05, 0.1) is 10.9 Å². The van der Waals surface area contributed by atoms with Gasteiger partial charge in [-0.2, -0.15) is 13.2 Å². The Morgan fingerprint density at radius 2 is 1.54 bits per heavy atom. The van der Waals surface area contributed by atoms with Crippen LogP contribution in [0.15, 0.2) is 48.5 Å². The molecule has 132 valence electrons. The van der Waals surface area contributed by atoms with Gasteiger partial charge in [0.25, 0.3) is 0 Å². The Labute approximate surface area is 142 Å². The lowest BCUT2D eigenvalue weighted by molar-refractivity contribution is -0.557. The van der Waals surface area contributed by atoms with Gasteiger partial charge < -0.3 is 5.11 Å². The number of fused-ring (bicyclic) bond motifs is 3. The molecule has 4 rings (SSSR count). The van der Waals surface area contributed by atoms with E-state index in [2.05, 4.69) is 5.21 Å². The van der Waals surface area contributed by atoms with E-state index < -0.39 is 29.3 Å². The normalized spacial score (nSPS) is 12.2. The van der Waals surface area contributed by atoms with E-state index in [9.17, 15) is 27.1 Å². The summed E-state index contributed by atoms with van der Waals surface area (Å²) in [6.45, 7) is 0. The summed E-state index contributed by atoms with van der Waals surface area (Å²) < 4.78 is 67.8. The number of hydrogen-bond acceptors (Lipinski definition) is 2. The summed E-state index contributed by atoms with van der Waals surface area (Å²) >= 11 is 0. The van der Waals surface area contributed by atoms with Gasteiger partial charge in [-0.25, -0.2) is 8.78 Å². The maximum absolute atomic E-state index is 14.2. The molecule has 4 nitrogen and oxygen atoms in total. The van der Waals surface area contributed by atoms with Crippen LogP contribution in [0.5, 0.6) is 5.88 Å². The topological polar surface area (TPSA) is 45.0 Å². The number of rotatable bonds is 1. The predicted molar refractivity (Wildman–Crippen MR) is 78.6 cm³/mol. The van der Waals surface area contributed by atoms with Crippen LogP contribution in [-0.2, 0) is 6.18 Å². The van der Waals surface area contributed by atoms with E-state index in [-0.39, 0.29) is 22.1 Å². The van der Waals surface area contributed by atoms with Crippen LogP contribution in [0.1, 0.15) is 5.56 Å². The van der Waals surface area contributed by atoms with Crippen LogP contribution in [0.2, 0.25) is 0 Å².